The molecule has 1 aromatic carbocycles. The lowest BCUT2D eigenvalue weighted by molar-refractivity contribution is 0.294. The Morgan fingerprint density at radius 3 is 2.24 bits per heavy atom. The molecule has 2 rings (SSSR count). The molecule has 1 aliphatic rings. The standard InChI is InChI=1S/C16H26N2O2S/c1-4-18(12-15-5-7-17-8-6-15)21(19,20)16-10-13(2)9-14(3)11-16/h9-11,15,17H,4-8,12H2,1-3H3. The van der Waals surface area contributed by atoms with Gasteiger partial charge in [-0.3, -0.25) is 0 Å². The van der Waals surface area contributed by atoms with Crippen LogP contribution in [0.15, 0.2) is 23.1 Å². The second-order valence-corrected chi connectivity index (χ2v) is 7.91. The van der Waals surface area contributed by atoms with Gasteiger partial charge in [0.25, 0.3) is 0 Å². The zero-order chi connectivity index (χ0) is 15.5. The molecule has 1 aromatic rings. The Bertz CT molecular complexity index is 558. The van der Waals surface area contributed by atoms with Crippen LogP contribution >= 0.6 is 0 Å². The van der Waals surface area contributed by atoms with Crippen LogP contribution in [0.4, 0.5) is 0 Å². The van der Waals surface area contributed by atoms with Gasteiger partial charge < -0.3 is 5.32 Å². The Balaban J connectivity index is 2.22. The second kappa shape index (κ2) is 6.90. The summed E-state index contributed by atoms with van der Waals surface area (Å²) in [6, 6.07) is 5.54. The van der Waals surface area contributed by atoms with E-state index in [9.17, 15) is 8.42 Å². The highest BCUT2D eigenvalue weighted by atomic mass is 32.2. The zero-order valence-corrected chi connectivity index (χ0v) is 14.0. The van der Waals surface area contributed by atoms with Crippen molar-refractivity contribution in [1.82, 2.24) is 9.62 Å². The molecule has 0 aromatic heterocycles. The van der Waals surface area contributed by atoms with E-state index >= 15 is 0 Å². The molecule has 1 N–H and O–H groups in total. The first-order chi connectivity index (χ1) is 9.93. The third kappa shape index (κ3) is 4.05. The van der Waals surface area contributed by atoms with Crippen molar-refractivity contribution in [3.05, 3.63) is 29.3 Å². The minimum absolute atomic E-state index is 0.427. The van der Waals surface area contributed by atoms with Crippen molar-refractivity contribution < 1.29 is 8.42 Å². The topological polar surface area (TPSA) is 49.4 Å². The lowest BCUT2D eigenvalue weighted by Crippen LogP contribution is -2.39. The van der Waals surface area contributed by atoms with Gasteiger partial charge in [0.15, 0.2) is 0 Å². The molecule has 5 heteroatoms. The molecular formula is C16H26N2O2S. The Kier molecular flexibility index (Phi) is 5.41. The van der Waals surface area contributed by atoms with Crippen molar-refractivity contribution in [2.45, 2.75) is 38.5 Å². The van der Waals surface area contributed by atoms with E-state index in [0.717, 1.165) is 37.1 Å². The smallest absolute Gasteiger partial charge is 0.243 e. The van der Waals surface area contributed by atoms with E-state index in [-0.39, 0.29) is 0 Å². The van der Waals surface area contributed by atoms with Gasteiger partial charge in [-0.2, -0.15) is 4.31 Å². The van der Waals surface area contributed by atoms with Crippen molar-refractivity contribution in [3.63, 3.8) is 0 Å². The molecule has 0 spiro atoms. The summed E-state index contributed by atoms with van der Waals surface area (Å²) < 4.78 is 27.3. The molecule has 0 unspecified atom stereocenters. The molecule has 1 fully saturated rings. The monoisotopic (exact) mass is 310 g/mol. The van der Waals surface area contributed by atoms with Crippen LogP contribution in [-0.2, 0) is 10.0 Å². The van der Waals surface area contributed by atoms with Gasteiger partial charge in [-0.05, 0) is 69.0 Å². The summed E-state index contributed by atoms with van der Waals surface area (Å²) >= 11 is 0. The minimum atomic E-state index is -3.38. The first-order valence-corrected chi connectivity index (χ1v) is 9.16. The van der Waals surface area contributed by atoms with E-state index in [4.69, 9.17) is 0 Å². The van der Waals surface area contributed by atoms with Crippen LogP contribution < -0.4 is 5.32 Å². The van der Waals surface area contributed by atoms with E-state index < -0.39 is 10.0 Å². The number of piperidine rings is 1. The van der Waals surface area contributed by atoms with Crippen LogP contribution in [0.3, 0.4) is 0 Å². The summed E-state index contributed by atoms with van der Waals surface area (Å²) in [6.45, 7) is 8.94. The number of benzene rings is 1. The third-order valence-electron chi connectivity index (χ3n) is 4.11. The summed E-state index contributed by atoms with van der Waals surface area (Å²) in [4.78, 5) is 0.427. The van der Waals surface area contributed by atoms with Crippen molar-refractivity contribution in [2.24, 2.45) is 5.92 Å². The third-order valence-corrected chi connectivity index (χ3v) is 6.02. The van der Waals surface area contributed by atoms with Crippen molar-refractivity contribution in [1.29, 1.82) is 0 Å². The van der Waals surface area contributed by atoms with Crippen molar-refractivity contribution in [2.75, 3.05) is 26.2 Å². The van der Waals surface area contributed by atoms with Crippen LogP contribution in [-0.4, -0.2) is 38.9 Å². The maximum absolute atomic E-state index is 12.9. The highest BCUT2D eigenvalue weighted by Crippen LogP contribution is 2.22. The van der Waals surface area contributed by atoms with E-state index in [1.807, 2.05) is 26.8 Å². The Labute approximate surface area is 128 Å². The van der Waals surface area contributed by atoms with Crippen molar-refractivity contribution >= 4 is 10.0 Å². The van der Waals surface area contributed by atoms with Gasteiger partial charge in [-0.15, -0.1) is 0 Å². The molecule has 1 aliphatic heterocycles. The van der Waals surface area contributed by atoms with Crippen LogP contribution in [0.5, 0.6) is 0 Å². The zero-order valence-electron chi connectivity index (χ0n) is 13.2. The van der Waals surface area contributed by atoms with E-state index in [1.54, 1.807) is 16.4 Å². The summed E-state index contributed by atoms with van der Waals surface area (Å²) in [5, 5.41) is 3.32. The molecule has 0 radical (unpaired) electrons. The summed E-state index contributed by atoms with van der Waals surface area (Å²) in [5.41, 5.74) is 1.98. The largest absolute Gasteiger partial charge is 0.317 e. The quantitative estimate of drug-likeness (QED) is 0.908. The normalized spacial score (nSPS) is 17.3. The van der Waals surface area contributed by atoms with Crippen LogP contribution in [0.25, 0.3) is 0 Å². The molecule has 0 saturated carbocycles. The van der Waals surface area contributed by atoms with E-state index in [2.05, 4.69) is 5.32 Å². The molecular weight excluding hydrogens is 284 g/mol. The van der Waals surface area contributed by atoms with Crippen LogP contribution in [0, 0.1) is 19.8 Å². The fourth-order valence-electron chi connectivity index (χ4n) is 2.98. The Morgan fingerprint density at radius 1 is 1.14 bits per heavy atom. The molecule has 4 nitrogen and oxygen atoms in total. The van der Waals surface area contributed by atoms with Gasteiger partial charge in [0.1, 0.15) is 0 Å². The lowest BCUT2D eigenvalue weighted by atomic mass is 9.98. The van der Waals surface area contributed by atoms with E-state index in [1.165, 1.54) is 0 Å². The molecule has 1 saturated heterocycles. The number of nitrogens with zero attached hydrogens (tertiary/aromatic N) is 1. The first-order valence-electron chi connectivity index (χ1n) is 7.72. The predicted octanol–water partition coefficient (Wildman–Crippen LogP) is 2.31. The van der Waals surface area contributed by atoms with Gasteiger partial charge in [-0.1, -0.05) is 13.0 Å². The van der Waals surface area contributed by atoms with E-state index in [0.29, 0.717) is 23.9 Å². The number of hydrogen-bond acceptors (Lipinski definition) is 3. The Hall–Kier alpha value is -0.910. The van der Waals surface area contributed by atoms with Crippen LogP contribution in [0.2, 0.25) is 0 Å². The second-order valence-electron chi connectivity index (χ2n) is 5.97. The fraction of sp³-hybridized carbons (Fsp3) is 0.625. The van der Waals surface area contributed by atoms with Crippen LogP contribution in [0.1, 0.15) is 30.9 Å². The fourth-order valence-corrected chi connectivity index (χ4v) is 4.70. The molecule has 118 valence electrons. The highest BCUT2D eigenvalue weighted by Gasteiger charge is 2.26. The maximum atomic E-state index is 12.9. The van der Waals surface area contributed by atoms with Gasteiger partial charge in [-0.25, -0.2) is 8.42 Å². The minimum Gasteiger partial charge on any atom is -0.317 e. The van der Waals surface area contributed by atoms with Crippen molar-refractivity contribution in [3.8, 4) is 0 Å². The highest BCUT2D eigenvalue weighted by molar-refractivity contribution is 7.89. The molecule has 0 bridgehead atoms. The number of nitrogens with one attached hydrogen (secondary N) is 1. The summed E-state index contributed by atoms with van der Waals surface area (Å²) in [5.74, 6) is 0.465. The number of hydrogen-bond donors (Lipinski definition) is 1. The number of aryl methyl sites for hydroxylation is 2. The van der Waals surface area contributed by atoms with Gasteiger partial charge in [0.05, 0.1) is 4.90 Å². The number of rotatable bonds is 5. The molecule has 21 heavy (non-hydrogen) atoms. The molecule has 0 atom stereocenters. The summed E-state index contributed by atoms with van der Waals surface area (Å²) in [7, 11) is -3.38. The Morgan fingerprint density at radius 2 is 1.71 bits per heavy atom. The molecule has 0 aliphatic carbocycles. The number of sulfonamides is 1. The molecule has 0 amide bonds. The molecule has 1 heterocycles. The predicted molar refractivity (Wildman–Crippen MR) is 85.9 cm³/mol. The maximum Gasteiger partial charge on any atom is 0.243 e. The van der Waals surface area contributed by atoms with Gasteiger partial charge >= 0.3 is 0 Å². The SMILES string of the molecule is CCN(CC1CCNCC1)S(=O)(=O)c1cc(C)cc(C)c1. The van der Waals surface area contributed by atoms with Gasteiger partial charge in [0.2, 0.25) is 10.0 Å². The average molecular weight is 310 g/mol. The average Bonchev–Trinajstić information content (AvgIpc) is 2.44. The first kappa shape index (κ1) is 16.5. The lowest BCUT2D eigenvalue weighted by Gasteiger charge is -2.29. The van der Waals surface area contributed by atoms with Gasteiger partial charge in [0, 0.05) is 13.1 Å². The summed E-state index contributed by atoms with van der Waals surface area (Å²) in [6.07, 6.45) is 2.11.